The molecular weight excluding hydrogens is 245 g/mol. The van der Waals surface area contributed by atoms with Crippen LogP contribution in [0, 0.1) is 0 Å². The zero-order valence-corrected chi connectivity index (χ0v) is 11.9. The van der Waals surface area contributed by atoms with Gasteiger partial charge in [0.2, 0.25) is 0 Å². The molecule has 0 rings (SSSR count). The lowest BCUT2D eigenvalue weighted by molar-refractivity contribution is -0.182. The van der Waals surface area contributed by atoms with E-state index >= 15 is 0 Å². The zero-order chi connectivity index (χ0) is 13.7. The Morgan fingerprint density at radius 3 is 1.35 bits per heavy atom. The molecule has 0 fully saturated rings. The molecule has 0 aromatic heterocycles. The zero-order valence-electron chi connectivity index (χ0n) is 11.0. The third-order valence-corrected chi connectivity index (χ3v) is 3.99. The number of aliphatic hydroxyl groups is 2. The monoisotopic (exact) mass is 269 g/mol. The van der Waals surface area contributed by atoms with Crippen LogP contribution in [0.15, 0.2) is 0 Å². The van der Waals surface area contributed by atoms with Gasteiger partial charge in [0.1, 0.15) is 0 Å². The van der Waals surface area contributed by atoms with E-state index in [9.17, 15) is 14.8 Å². The molecule has 0 saturated carbocycles. The summed E-state index contributed by atoms with van der Waals surface area (Å²) in [7, 11) is -4.00. The first-order valence-electron chi connectivity index (χ1n) is 5.90. The molecule has 0 aliphatic rings. The highest BCUT2D eigenvalue weighted by Gasteiger charge is 2.39. The Kier molecular flexibility index (Phi) is 6.28. The van der Waals surface area contributed by atoms with Gasteiger partial charge in [-0.2, -0.15) is 0 Å². The molecule has 17 heavy (non-hydrogen) atoms. The summed E-state index contributed by atoms with van der Waals surface area (Å²) in [5.41, 5.74) is 5.38. The molecule has 0 aliphatic carbocycles. The van der Waals surface area contributed by atoms with Crippen molar-refractivity contribution in [2.24, 2.45) is 5.50 Å². The highest BCUT2D eigenvalue weighted by atomic mass is 31.2. The van der Waals surface area contributed by atoms with E-state index in [4.69, 9.17) is 14.6 Å². The lowest BCUT2D eigenvalue weighted by Crippen LogP contribution is -2.35. The number of hydrogen-bond acceptors (Lipinski definition) is 5. The molecule has 104 valence electrons. The summed E-state index contributed by atoms with van der Waals surface area (Å²) >= 11 is 0. The van der Waals surface area contributed by atoms with Gasteiger partial charge in [-0.1, -0.05) is 27.7 Å². The van der Waals surface area contributed by atoms with Crippen LogP contribution < -0.4 is 5.50 Å². The molecule has 0 aromatic rings. The summed E-state index contributed by atoms with van der Waals surface area (Å²) in [5.74, 6) is -3.18. The molecule has 7 heteroatoms. The molecule has 0 aliphatic heterocycles. The molecular formula is C10H24NO5P. The first-order chi connectivity index (χ1) is 7.66. The van der Waals surface area contributed by atoms with Crippen LogP contribution in [0.5, 0.6) is 0 Å². The third kappa shape index (κ3) is 5.46. The molecule has 0 heterocycles. The molecule has 0 saturated heterocycles. The lowest BCUT2D eigenvalue weighted by atomic mass is 10.2. The standard InChI is InChI=1S/C10H24NO5P/c1-5-9(12,6-2)15-17(11,14)16-10(13,7-3)8-4/h12-13H,5-8H2,1-4H3,(H2,11,14). The fraction of sp³-hybridized carbons (Fsp3) is 1.00. The average molecular weight is 269 g/mol. The van der Waals surface area contributed by atoms with Crippen LogP contribution in [0.1, 0.15) is 53.4 Å². The van der Waals surface area contributed by atoms with E-state index < -0.39 is 19.3 Å². The van der Waals surface area contributed by atoms with E-state index in [-0.39, 0.29) is 25.7 Å². The highest BCUT2D eigenvalue weighted by Crippen LogP contribution is 2.48. The van der Waals surface area contributed by atoms with Crippen LogP contribution in [-0.4, -0.2) is 21.8 Å². The minimum absolute atomic E-state index is 0.227. The van der Waals surface area contributed by atoms with Crippen molar-refractivity contribution in [3.8, 4) is 0 Å². The summed E-state index contributed by atoms with van der Waals surface area (Å²) in [6.45, 7) is 6.70. The molecule has 6 nitrogen and oxygen atoms in total. The van der Waals surface area contributed by atoms with Crippen molar-refractivity contribution < 1.29 is 23.8 Å². The van der Waals surface area contributed by atoms with Crippen molar-refractivity contribution in [1.82, 2.24) is 0 Å². The topological polar surface area (TPSA) is 102 Å². The van der Waals surface area contributed by atoms with E-state index in [0.717, 1.165) is 0 Å². The quantitative estimate of drug-likeness (QED) is 0.460. The third-order valence-electron chi connectivity index (χ3n) is 2.80. The van der Waals surface area contributed by atoms with Gasteiger partial charge in [0.05, 0.1) is 0 Å². The Morgan fingerprint density at radius 1 is 0.941 bits per heavy atom. The predicted molar refractivity (Wildman–Crippen MR) is 65.0 cm³/mol. The van der Waals surface area contributed by atoms with Gasteiger partial charge >= 0.3 is 7.75 Å². The fourth-order valence-corrected chi connectivity index (χ4v) is 2.75. The molecule has 0 atom stereocenters. The molecule has 4 N–H and O–H groups in total. The minimum Gasteiger partial charge on any atom is -0.365 e. The highest BCUT2D eigenvalue weighted by molar-refractivity contribution is 7.51. The van der Waals surface area contributed by atoms with Crippen LogP contribution in [-0.2, 0) is 13.6 Å². The van der Waals surface area contributed by atoms with Crippen molar-refractivity contribution in [1.29, 1.82) is 0 Å². The summed E-state index contributed by atoms with van der Waals surface area (Å²) in [5, 5.41) is 19.7. The van der Waals surface area contributed by atoms with E-state index in [1.54, 1.807) is 27.7 Å². The molecule has 0 spiro atoms. The van der Waals surface area contributed by atoms with Crippen LogP contribution in [0.2, 0.25) is 0 Å². The van der Waals surface area contributed by atoms with Gasteiger partial charge in [0.15, 0.2) is 11.6 Å². The Morgan fingerprint density at radius 2 is 1.18 bits per heavy atom. The van der Waals surface area contributed by atoms with E-state index in [1.807, 2.05) is 0 Å². The maximum absolute atomic E-state index is 11.9. The van der Waals surface area contributed by atoms with Crippen LogP contribution in [0.4, 0.5) is 0 Å². The number of hydrogen-bond donors (Lipinski definition) is 3. The summed E-state index contributed by atoms with van der Waals surface area (Å²) < 4.78 is 21.8. The van der Waals surface area contributed by atoms with Crippen molar-refractivity contribution in [2.45, 2.75) is 65.0 Å². The van der Waals surface area contributed by atoms with E-state index in [0.29, 0.717) is 0 Å². The SMILES string of the molecule is CCC(O)(CC)OP(N)(=O)OC(O)(CC)CC. The smallest absolute Gasteiger partial charge is 0.365 e. The number of rotatable bonds is 8. The summed E-state index contributed by atoms with van der Waals surface area (Å²) in [4.78, 5) is 0. The van der Waals surface area contributed by atoms with Gasteiger partial charge in [-0.05, 0) is 25.7 Å². The largest absolute Gasteiger partial charge is 0.407 e. The maximum atomic E-state index is 11.9. The van der Waals surface area contributed by atoms with Crippen LogP contribution >= 0.6 is 7.75 Å². The van der Waals surface area contributed by atoms with Crippen molar-refractivity contribution in [3.05, 3.63) is 0 Å². The predicted octanol–water partition coefficient (Wildman–Crippen LogP) is 2.10. The second kappa shape index (κ2) is 6.27. The number of nitrogens with two attached hydrogens (primary N) is 1. The summed E-state index contributed by atoms with van der Waals surface area (Å²) in [6.07, 6.45) is 0.908. The minimum atomic E-state index is -4.00. The van der Waals surface area contributed by atoms with Gasteiger partial charge in [-0.25, -0.2) is 10.1 Å². The molecule has 0 aromatic carbocycles. The Bertz CT molecular complexity index is 252. The van der Waals surface area contributed by atoms with Gasteiger partial charge in [0, 0.05) is 0 Å². The molecule has 0 radical (unpaired) electrons. The van der Waals surface area contributed by atoms with Crippen molar-refractivity contribution >= 4 is 7.75 Å². The second-order valence-corrected chi connectivity index (χ2v) is 5.47. The van der Waals surface area contributed by atoms with E-state index in [1.165, 1.54) is 0 Å². The Balaban J connectivity index is 4.75. The Hall–Kier alpha value is 0.0300. The molecule has 0 bridgehead atoms. The van der Waals surface area contributed by atoms with Gasteiger partial charge in [0.25, 0.3) is 0 Å². The summed E-state index contributed by atoms with van der Waals surface area (Å²) in [6, 6.07) is 0. The second-order valence-electron chi connectivity index (χ2n) is 4.03. The van der Waals surface area contributed by atoms with Crippen LogP contribution in [0.3, 0.4) is 0 Å². The lowest BCUT2D eigenvalue weighted by Gasteiger charge is -2.33. The van der Waals surface area contributed by atoms with Crippen LogP contribution in [0.25, 0.3) is 0 Å². The fourth-order valence-electron chi connectivity index (χ4n) is 1.25. The van der Waals surface area contributed by atoms with Crippen molar-refractivity contribution in [2.75, 3.05) is 0 Å². The first-order valence-corrected chi connectivity index (χ1v) is 7.52. The van der Waals surface area contributed by atoms with Crippen molar-refractivity contribution in [3.63, 3.8) is 0 Å². The normalized spacial score (nSPS) is 14.1. The Labute approximate surface area is 103 Å². The van der Waals surface area contributed by atoms with Gasteiger partial charge in [-0.15, -0.1) is 0 Å². The first kappa shape index (κ1) is 17.0. The maximum Gasteiger partial charge on any atom is 0.407 e. The molecule has 0 unspecified atom stereocenters. The molecule has 0 amide bonds. The van der Waals surface area contributed by atoms with Gasteiger partial charge in [-0.3, -0.25) is 9.05 Å². The van der Waals surface area contributed by atoms with E-state index in [2.05, 4.69) is 0 Å². The average Bonchev–Trinajstić information content (AvgIpc) is 2.27. The van der Waals surface area contributed by atoms with Gasteiger partial charge < -0.3 is 10.2 Å².